The molecule has 0 saturated heterocycles. The minimum Gasteiger partial charge on any atom is -0.469 e. The molecule has 0 aromatic heterocycles. The second-order valence-electron chi connectivity index (χ2n) is 7.77. The molecule has 2 aromatic rings. The van der Waals surface area contributed by atoms with Gasteiger partial charge >= 0.3 is 5.97 Å². The zero-order valence-corrected chi connectivity index (χ0v) is 17.5. The average Bonchev–Trinajstić information content (AvgIpc) is 3.01. The highest BCUT2D eigenvalue weighted by Gasteiger charge is 2.41. The first-order valence-corrected chi connectivity index (χ1v) is 10.4. The van der Waals surface area contributed by atoms with Gasteiger partial charge in [-0.15, -0.1) is 0 Å². The van der Waals surface area contributed by atoms with E-state index in [4.69, 9.17) is 5.41 Å². The van der Waals surface area contributed by atoms with Crippen molar-refractivity contribution in [2.24, 2.45) is 0 Å². The molecule has 0 unspecified atom stereocenters. The highest BCUT2D eigenvalue weighted by Crippen LogP contribution is 2.53. The Morgan fingerprint density at radius 2 is 1.59 bits per heavy atom. The Balaban J connectivity index is 2.01. The van der Waals surface area contributed by atoms with E-state index in [9.17, 15) is 9.59 Å². The van der Waals surface area contributed by atoms with Gasteiger partial charge in [-0.05, 0) is 41.2 Å². The van der Waals surface area contributed by atoms with Gasteiger partial charge in [-0.3, -0.25) is 9.59 Å². The number of esters is 1. The molecule has 0 amide bonds. The van der Waals surface area contributed by atoms with Crippen molar-refractivity contribution in [3.05, 3.63) is 59.2 Å². The molecule has 152 valence electrons. The van der Waals surface area contributed by atoms with Gasteiger partial charge in [0.2, 0.25) is 5.78 Å². The minimum absolute atomic E-state index is 0.0487. The van der Waals surface area contributed by atoms with E-state index < -0.39 is 5.97 Å². The predicted octanol–water partition coefficient (Wildman–Crippen LogP) is 5.71. The van der Waals surface area contributed by atoms with E-state index in [0.29, 0.717) is 5.56 Å². The fourth-order valence-corrected chi connectivity index (χ4v) is 4.73. The van der Waals surface area contributed by atoms with Crippen LogP contribution < -0.4 is 0 Å². The molecule has 1 aliphatic rings. The van der Waals surface area contributed by atoms with Crippen LogP contribution in [0.5, 0.6) is 0 Å². The Bertz CT molecular complexity index is 939. The fraction of sp³-hybridized carbons (Fsp3) is 0.400. The van der Waals surface area contributed by atoms with Crippen LogP contribution in [0.4, 0.5) is 0 Å². The van der Waals surface area contributed by atoms with E-state index in [-0.39, 0.29) is 29.8 Å². The number of ketones is 1. The Morgan fingerprint density at radius 3 is 2.24 bits per heavy atom. The number of methoxy groups -OCH3 is 1. The topological polar surface area (TPSA) is 67.2 Å². The van der Waals surface area contributed by atoms with Gasteiger partial charge in [0.15, 0.2) is 0 Å². The number of fused-ring (bicyclic) bond motifs is 3. The van der Waals surface area contributed by atoms with Gasteiger partial charge < -0.3 is 10.1 Å². The van der Waals surface area contributed by atoms with Crippen molar-refractivity contribution < 1.29 is 14.3 Å². The van der Waals surface area contributed by atoms with Crippen LogP contribution in [-0.2, 0) is 14.9 Å². The monoisotopic (exact) mass is 391 g/mol. The Morgan fingerprint density at radius 1 is 0.931 bits per heavy atom. The number of hydrogen-bond donors (Lipinski definition) is 1. The van der Waals surface area contributed by atoms with Crippen LogP contribution in [0.2, 0.25) is 0 Å². The number of benzene rings is 2. The third kappa shape index (κ3) is 3.76. The molecule has 4 nitrogen and oxygen atoms in total. The molecule has 0 bridgehead atoms. The van der Waals surface area contributed by atoms with Gasteiger partial charge in [-0.2, -0.15) is 0 Å². The summed E-state index contributed by atoms with van der Waals surface area (Å²) in [5.41, 5.74) is 5.40. The summed E-state index contributed by atoms with van der Waals surface area (Å²) < 4.78 is 4.62. The first-order chi connectivity index (χ1) is 14.0. The molecule has 2 aromatic carbocycles. The van der Waals surface area contributed by atoms with E-state index in [1.807, 2.05) is 18.2 Å². The quantitative estimate of drug-likeness (QED) is 0.338. The number of hydrogen-bond acceptors (Lipinski definition) is 4. The van der Waals surface area contributed by atoms with Gasteiger partial charge in [0.25, 0.3) is 0 Å². The van der Waals surface area contributed by atoms with E-state index in [2.05, 4.69) is 42.8 Å². The normalized spacial score (nSPS) is 13.5. The molecule has 0 fully saturated rings. The van der Waals surface area contributed by atoms with Gasteiger partial charge in [0, 0.05) is 17.4 Å². The first-order valence-electron chi connectivity index (χ1n) is 10.4. The first kappa shape index (κ1) is 21.0. The summed E-state index contributed by atoms with van der Waals surface area (Å²) in [6.07, 6.45) is 4.32. The fourth-order valence-electron chi connectivity index (χ4n) is 4.73. The Hall–Kier alpha value is -2.75. The number of rotatable bonds is 9. The molecule has 1 N–H and O–H groups in total. The lowest BCUT2D eigenvalue weighted by Gasteiger charge is -2.32. The molecule has 1 aliphatic carbocycles. The smallest absolute Gasteiger partial charge is 0.305 e. The zero-order valence-electron chi connectivity index (χ0n) is 17.5. The highest BCUT2D eigenvalue weighted by atomic mass is 16.5. The maximum Gasteiger partial charge on any atom is 0.305 e. The molecule has 0 aliphatic heterocycles. The molecule has 29 heavy (non-hydrogen) atoms. The van der Waals surface area contributed by atoms with Crippen molar-refractivity contribution in [2.45, 2.75) is 57.8 Å². The maximum atomic E-state index is 12.9. The van der Waals surface area contributed by atoms with Gasteiger partial charge in [-0.1, -0.05) is 63.1 Å². The standard InChI is InChI=1S/C25H29NO3/c1-4-14-25(15-5-2)20-9-7-6-8-18(20)19-11-10-17(16-21(19)25)24(28)22(26)12-13-23(27)29-3/h6-11,16,26H,4-5,12-15H2,1-3H3. The number of ether oxygens (including phenoxy) is 1. The lowest BCUT2D eigenvalue weighted by atomic mass is 9.71. The highest BCUT2D eigenvalue weighted by molar-refractivity contribution is 6.45. The van der Waals surface area contributed by atoms with Crippen molar-refractivity contribution >= 4 is 17.5 Å². The summed E-state index contributed by atoms with van der Waals surface area (Å²) in [4.78, 5) is 24.2. The van der Waals surface area contributed by atoms with Crippen LogP contribution >= 0.6 is 0 Å². The number of Topliss-reactive ketones (excluding diaryl/α,β-unsaturated/α-hetero) is 1. The Labute approximate surface area is 172 Å². The van der Waals surface area contributed by atoms with E-state index in [0.717, 1.165) is 25.7 Å². The number of carbonyl (C=O) groups is 2. The largest absolute Gasteiger partial charge is 0.469 e. The van der Waals surface area contributed by atoms with Crippen LogP contribution in [0.15, 0.2) is 42.5 Å². The summed E-state index contributed by atoms with van der Waals surface area (Å²) in [5.74, 6) is -0.716. The second-order valence-corrected chi connectivity index (χ2v) is 7.77. The van der Waals surface area contributed by atoms with Crippen molar-refractivity contribution in [3.63, 3.8) is 0 Å². The summed E-state index contributed by atoms with van der Waals surface area (Å²) in [6.45, 7) is 4.41. The molecule has 3 rings (SSSR count). The van der Waals surface area contributed by atoms with E-state index in [1.165, 1.54) is 29.4 Å². The maximum absolute atomic E-state index is 12.9. The predicted molar refractivity (Wildman–Crippen MR) is 116 cm³/mol. The molecule has 0 atom stereocenters. The van der Waals surface area contributed by atoms with E-state index in [1.54, 1.807) is 0 Å². The van der Waals surface area contributed by atoms with Crippen LogP contribution in [0.3, 0.4) is 0 Å². The van der Waals surface area contributed by atoms with Crippen molar-refractivity contribution in [2.75, 3.05) is 7.11 Å². The Kier molecular flexibility index (Phi) is 6.31. The molecule has 0 radical (unpaired) electrons. The van der Waals surface area contributed by atoms with Crippen LogP contribution in [0.25, 0.3) is 11.1 Å². The van der Waals surface area contributed by atoms with Crippen LogP contribution in [-0.4, -0.2) is 24.6 Å². The van der Waals surface area contributed by atoms with Gasteiger partial charge in [0.05, 0.1) is 19.2 Å². The molecule has 0 heterocycles. The minimum atomic E-state index is -0.406. The molecule has 0 spiro atoms. The number of carbonyl (C=O) groups excluding carboxylic acids is 2. The second kappa shape index (κ2) is 8.73. The summed E-state index contributed by atoms with van der Waals surface area (Å²) in [7, 11) is 1.31. The third-order valence-corrected chi connectivity index (χ3v) is 5.96. The van der Waals surface area contributed by atoms with Crippen molar-refractivity contribution in [3.8, 4) is 11.1 Å². The van der Waals surface area contributed by atoms with Crippen molar-refractivity contribution in [1.82, 2.24) is 0 Å². The molecular formula is C25H29NO3. The molecule has 0 saturated carbocycles. The van der Waals surface area contributed by atoms with E-state index >= 15 is 0 Å². The lowest BCUT2D eigenvalue weighted by Crippen LogP contribution is -2.25. The van der Waals surface area contributed by atoms with Crippen LogP contribution in [0.1, 0.15) is 73.9 Å². The number of nitrogens with one attached hydrogen (secondary N) is 1. The molecular weight excluding hydrogens is 362 g/mol. The SMILES string of the molecule is CCCC1(CCC)c2ccccc2-c2ccc(C(=O)C(=N)CCC(=O)OC)cc21. The summed E-state index contributed by atoms with van der Waals surface area (Å²) in [5, 5.41) is 8.13. The average molecular weight is 392 g/mol. The summed E-state index contributed by atoms with van der Waals surface area (Å²) in [6, 6.07) is 14.4. The van der Waals surface area contributed by atoms with Gasteiger partial charge in [0.1, 0.15) is 0 Å². The zero-order chi connectivity index (χ0) is 21.0. The van der Waals surface area contributed by atoms with Crippen LogP contribution in [0, 0.1) is 5.41 Å². The molecule has 4 heteroatoms. The van der Waals surface area contributed by atoms with Gasteiger partial charge in [-0.25, -0.2) is 0 Å². The van der Waals surface area contributed by atoms with Crippen molar-refractivity contribution in [1.29, 1.82) is 5.41 Å². The summed E-state index contributed by atoms with van der Waals surface area (Å²) >= 11 is 0. The lowest BCUT2D eigenvalue weighted by molar-refractivity contribution is -0.140. The third-order valence-electron chi connectivity index (χ3n) is 5.96.